The molecule has 1 N–H and O–H groups in total. The molecule has 1 saturated heterocycles. The number of amides is 1. The predicted molar refractivity (Wildman–Crippen MR) is 64.4 cm³/mol. The molecule has 1 heterocycles. The number of hydrogen-bond acceptors (Lipinski definition) is 3. The van der Waals surface area contributed by atoms with E-state index < -0.39 is 12.1 Å². The number of ether oxygens (including phenoxy) is 1. The van der Waals surface area contributed by atoms with Gasteiger partial charge in [-0.1, -0.05) is 25.1 Å². The molecule has 1 fully saturated rings. The van der Waals surface area contributed by atoms with Gasteiger partial charge in [0, 0.05) is 12.5 Å². The van der Waals surface area contributed by atoms with Crippen LogP contribution in [0.3, 0.4) is 0 Å². The fraction of sp³-hybridized carbons (Fsp3) is 0.385. The largest absolute Gasteiger partial charge is 0.465 e. The lowest BCUT2D eigenvalue weighted by molar-refractivity contribution is 0.0248. The summed E-state index contributed by atoms with van der Waals surface area (Å²) >= 11 is 0. The summed E-state index contributed by atoms with van der Waals surface area (Å²) in [7, 11) is 0. The molecule has 18 heavy (non-hydrogen) atoms. The van der Waals surface area contributed by atoms with Crippen LogP contribution in [0.25, 0.3) is 0 Å². The van der Waals surface area contributed by atoms with E-state index in [-0.39, 0.29) is 18.6 Å². The molecule has 1 aromatic rings. The van der Waals surface area contributed by atoms with Crippen LogP contribution in [0, 0.1) is 5.92 Å². The Hall–Kier alpha value is -2.04. The highest BCUT2D eigenvalue weighted by atomic mass is 16.5. The van der Waals surface area contributed by atoms with Gasteiger partial charge in [-0.25, -0.2) is 9.59 Å². The van der Waals surface area contributed by atoms with Gasteiger partial charge in [-0.3, -0.25) is 0 Å². The summed E-state index contributed by atoms with van der Waals surface area (Å²) in [5.74, 6) is -0.381. The van der Waals surface area contributed by atoms with Gasteiger partial charge in [-0.15, -0.1) is 0 Å². The van der Waals surface area contributed by atoms with Crippen molar-refractivity contribution < 1.29 is 19.4 Å². The van der Waals surface area contributed by atoms with Crippen molar-refractivity contribution in [2.45, 2.75) is 13.0 Å². The van der Waals surface area contributed by atoms with Crippen LogP contribution in [-0.4, -0.2) is 41.3 Å². The monoisotopic (exact) mass is 249 g/mol. The van der Waals surface area contributed by atoms with Gasteiger partial charge in [-0.2, -0.15) is 0 Å². The number of esters is 1. The molecule has 1 aliphatic rings. The summed E-state index contributed by atoms with van der Waals surface area (Å²) in [5.41, 5.74) is 0.485. The lowest BCUT2D eigenvalue weighted by atomic mass is 10.1. The molecular weight excluding hydrogens is 234 g/mol. The number of benzene rings is 1. The highest BCUT2D eigenvalue weighted by molar-refractivity contribution is 5.89. The minimum absolute atomic E-state index is 0.0220. The van der Waals surface area contributed by atoms with E-state index in [1.165, 1.54) is 4.90 Å². The Kier molecular flexibility index (Phi) is 3.50. The van der Waals surface area contributed by atoms with E-state index in [1.807, 2.05) is 13.0 Å². The maximum absolute atomic E-state index is 11.8. The fourth-order valence-corrected chi connectivity index (χ4v) is 2.03. The third kappa shape index (κ3) is 2.61. The van der Waals surface area contributed by atoms with Crippen molar-refractivity contribution in [1.82, 2.24) is 4.90 Å². The molecule has 0 aliphatic carbocycles. The Bertz CT molecular complexity index is 446. The Morgan fingerprint density at radius 1 is 1.28 bits per heavy atom. The van der Waals surface area contributed by atoms with E-state index in [2.05, 4.69) is 0 Å². The van der Waals surface area contributed by atoms with Gasteiger partial charge in [0.15, 0.2) is 0 Å². The first-order valence-electron chi connectivity index (χ1n) is 5.82. The molecular formula is C13H15NO4. The van der Waals surface area contributed by atoms with E-state index in [0.29, 0.717) is 12.1 Å². The van der Waals surface area contributed by atoms with Gasteiger partial charge in [0.05, 0.1) is 12.1 Å². The third-order valence-corrected chi connectivity index (χ3v) is 3.08. The average Bonchev–Trinajstić information content (AvgIpc) is 2.72. The van der Waals surface area contributed by atoms with Gasteiger partial charge in [0.25, 0.3) is 0 Å². The summed E-state index contributed by atoms with van der Waals surface area (Å²) in [5, 5.41) is 8.89. The van der Waals surface area contributed by atoms with Gasteiger partial charge < -0.3 is 14.7 Å². The summed E-state index contributed by atoms with van der Waals surface area (Å²) in [4.78, 5) is 23.9. The van der Waals surface area contributed by atoms with Gasteiger partial charge in [0.2, 0.25) is 0 Å². The first-order valence-corrected chi connectivity index (χ1v) is 5.82. The lowest BCUT2D eigenvalue weighted by Crippen LogP contribution is -2.29. The van der Waals surface area contributed by atoms with Crippen molar-refractivity contribution in [1.29, 1.82) is 0 Å². The zero-order valence-corrected chi connectivity index (χ0v) is 10.1. The minimum atomic E-state index is -0.972. The van der Waals surface area contributed by atoms with Crippen molar-refractivity contribution in [3.8, 4) is 0 Å². The molecule has 2 rings (SSSR count). The van der Waals surface area contributed by atoms with Crippen molar-refractivity contribution in [2.75, 3.05) is 13.1 Å². The lowest BCUT2D eigenvalue weighted by Gasteiger charge is -2.15. The van der Waals surface area contributed by atoms with Crippen LogP contribution >= 0.6 is 0 Å². The van der Waals surface area contributed by atoms with E-state index in [1.54, 1.807) is 24.3 Å². The number of likely N-dealkylation sites (tertiary alicyclic amines) is 1. The molecule has 1 aliphatic heterocycles. The maximum atomic E-state index is 11.8. The van der Waals surface area contributed by atoms with Gasteiger partial charge in [0.1, 0.15) is 6.10 Å². The second kappa shape index (κ2) is 5.08. The normalized spacial score (nSPS) is 22.8. The topological polar surface area (TPSA) is 66.8 Å². The minimum Gasteiger partial charge on any atom is -0.465 e. The molecule has 0 bridgehead atoms. The standard InChI is InChI=1S/C13H15NO4/c1-9-7-14(13(16)17)8-11(9)18-12(15)10-5-3-2-4-6-10/h2-6,9,11H,7-8H2,1H3,(H,16,17). The van der Waals surface area contributed by atoms with Crippen LogP contribution in [0.2, 0.25) is 0 Å². The Labute approximate surface area is 105 Å². The fourth-order valence-electron chi connectivity index (χ4n) is 2.03. The Morgan fingerprint density at radius 3 is 2.50 bits per heavy atom. The summed E-state index contributed by atoms with van der Waals surface area (Å²) < 4.78 is 5.35. The molecule has 5 nitrogen and oxygen atoms in total. The van der Waals surface area contributed by atoms with Crippen LogP contribution in [0.5, 0.6) is 0 Å². The first-order chi connectivity index (χ1) is 8.58. The number of carbonyl (C=O) groups is 2. The van der Waals surface area contributed by atoms with Crippen molar-refractivity contribution in [3.63, 3.8) is 0 Å². The van der Waals surface area contributed by atoms with Gasteiger partial charge in [-0.05, 0) is 12.1 Å². The van der Waals surface area contributed by atoms with E-state index in [4.69, 9.17) is 9.84 Å². The van der Waals surface area contributed by atoms with Crippen LogP contribution in [0.4, 0.5) is 4.79 Å². The summed E-state index contributed by atoms with van der Waals surface area (Å²) in [6.45, 7) is 2.53. The smallest absolute Gasteiger partial charge is 0.407 e. The Morgan fingerprint density at radius 2 is 1.94 bits per heavy atom. The molecule has 2 unspecified atom stereocenters. The van der Waals surface area contributed by atoms with Crippen LogP contribution in [0.1, 0.15) is 17.3 Å². The van der Waals surface area contributed by atoms with Crippen molar-refractivity contribution >= 4 is 12.1 Å². The molecule has 2 atom stereocenters. The highest BCUT2D eigenvalue weighted by Crippen LogP contribution is 2.20. The molecule has 96 valence electrons. The number of carbonyl (C=O) groups excluding carboxylic acids is 1. The SMILES string of the molecule is CC1CN(C(=O)O)CC1OC(=O)c1ccccc1. The molecule has 1 amide bonds. The van der Waals surface area contributed by atoms with E-state index >= 15 is 0 Å². The van der Waals surface area contributed by atoms with Gasteiger partial charge >= 0.3 is 12.1 Å². The van der Waals surface area contributed by atoms with Crippen LogP contribution in [0.15, 0.2) is 30.3 Å². The van der Waals surface area contributed by atoms with Crippen molar-refractivity contribution in [3.05, 3.63) is 35.9 Å². The third-order valence-electron chi connectivity index (χ3n) is 3.08. The first kappa shape index (κ1) is 12.4. The number of rotatable bonds is 2. The number of hydrogen-bond donors (Lipinski definition) is 1. The van der Waals surface area contributed by atoms with E-state index in [9.17, 15) is 9.59 Å². The molecule has 1 aromatic carbocycles. The number of nitrogens with zero attached hydrogens (tertiary/aromatic N) is 1. The average molecular weight is 249 g/mol. The molecule has 0 radical (unpaired) electrons. The molecule has 0 spiro atoms. The quantitative estimate of drug-likeness (QED) is 0.812. The van der Waals surface area contributed by atoms with Crippen molar-refractivity contribution in [2.24, 2.45) is 5.92 Å². The van der Waals surface area contributed by atoms with Crippen LogP contribution < -0.4 is 0 Å². The highest BCUT2D eigenvalue weighted by Gasteiger charge is 2.35. The summed E-state index contributed by atoms with van der Waals surface area (Å²) in [6.07, 6.45) is -1.34. The number of carboxylic acid groups (broad SMARTS) is 1. The zero-order valence-electron chi connectivity index (χ0n) is 10.1. The predicted octanol–water partition coefficient (Wildman–Crippen LogP) is 1.84. The summed E-state index contributed by atoms with van der Waals surface area (Å²) in [6, 6.07) is 8.70. The second-order valence-corrected chi connectivity index (χ2v) is 4.47. The molecule has 0 saturated carbocycles. The van der Waals surface area contributed by atoms with E-state index in [0.717, 1.165) is 0 Å². The maximum Gasteiger partial charge on any atom is 0.407 e. The molecule has 5 heteroatoms. The molecule has 0 aromatic heterocycles. The van der Waals surface area contributed by atoms with Crippen LogP contribution in [-0.2, 0) is 4.74 Å². The Balaban J connectivity index is 1.98. The zero-order chi connectivity index (χ0) is 13.1. The second-order valence-electron chi connectivity index (χ2n) is 4.47.